The zero-order chi connectivity index (χ0) is 12.5. The summed E-state index contributed by atoms with van der Waals surface area (Å²) in [6, 6.07) is 3.81. The van der Waals surface area contributed by atoms with E-state index in [0.717, 1.165) is 11.1 Å². The zero-order valence-electron chi connectivity index (χ0n) is 9.58. The van der Waals surface area contributed by atoms with Crippen molar-refractivity contribution in [2.75, 3.05) is 6.26 Å². The fraction of sp³-hybridized carbons (Fsp3) is 0.0833. The van der Waals surface area contributed by atoms with Gasteiger partial charge in [-0.15, -0.1) is 0 Å². The van der Waals surface area contributed by atoms with Crippen LogP contribution in [0, 0.1) is 0 Å². The van der Waals surface area contributed by atoms with Gasteiger partial charge in [0.25, 0.3) is 0 Å². The molecule has 2 N–H and O–H groups in total. The van der Waals surface area contributed by atoms with Crippen molar-refractivity contribution >= 4 is 35.4 Å². The maximum atomic E-state index is 9.71. The number of hydrogen-bond donors (Lipinski definition) is 2. The smallest absolute Gasteiger partial charge is 0.237 e. The fourth-order valence-corrected chi connectivity index (χ4v) is 2.14. The molecule has 1 aliphatic heterocycles. The van der Waals surface area contributed by atoms with E-state index in [1.54, 1.807) is 12.4 Å². The van der Waals surface area contributed by atoms with Crippen molar-refractivity contribution in [3.05, 3.63) is 29.6 Å². The Morgan fingerprint density at radius 1 is 1.44 bits per heavy atom. The molecule has 0 saturated heterocycles. The van der Waals surface area contributed by atoms with E-state index in [0.29, 0.717) is 16.7 Å². The molecule has 2 aromatic heterocycles. The summed E-state index contributed by atoms with van der Waals surface area (Å²) in [5.74, 6) is 0.699. The summed E-state index contributed by atoms with van der Waals surface area (Å²) in [6.07, 6.45) is 7.15. The van der Waals surface area contributed by atoms with E-state index in [4.69, 9.17) is 0 Å². The molecule has 0 saturated carbocycles. The highest BCUT2D eigenvalue weighted by Crippen LogP contribution is 2.31. The van der Waals surface area contributed by atoms with Gasteiger partial charge in [0.2, 0.25) is 5.88 Å². The number of aliphatic imine (C=N–C) groups is 1. The Hall–Kier alpha value is -2.08. The monoisotopic (exact) mass is 258 g/mol. The van der Waals surface area contributed by atoms with Crippen LogP contribution in [0.1, 0.15) is 11.3 Å². The normalized spacial score (nSPS) is 15.3. The zero-order valence-corrected chi connectivity index (χ0v) is 10.4. The SMILES string of the molecule is CSc1nc(O)c(C=C2C=Nc3ncccc32)[nH]1. The van der Waals surface area contributed by atoms with Crippen LogP contribution in [0.5, 0.6) is 5.88 Å². The maximum absolute atomic E-state index is 9.71. The molecular weight excluding hydrogens is 248 g/mol. The minimum absolute atomic E-state index is 0.00223. The van der Waals surface area contributed by atoms with Crippen molar-refractivity contribution in [3.8, 4) is 5.88 Å². The van der Waals surface area contributed by atoms with E-state index in [-0.39, 0.29) is 5.88 Å². The molecule has 0 aliphatic carbocycles. The molecule has 0 radical (unpaired) electrons. The number of thioether (sulfide) groups is 1. The lowest BCUT2D eigenvalue weighted by Gasteiger charge is -1.97. The van der Waals surface area contributed by atoms with Gasteiger partial charge in [-0.3, -0.25) is 0 Å². The minimum atomic E-state index is -0.00223. The maximum Gasteiger partial charge on any atom is 0.237 e. The Kier molecular flexibility index (Phi) is 2.64. The van der Waals surface area contributed by atoms with Crippen LogP contribution in [0.15, 0.2) is 28.5 Å². The second-order valence-corrected chi connectivity index (χ2v) is 4.51. The van der Waals surface area contributed by atoms with Gasteiger partial charge in [0.1, 0.15) is 5.69 Å². The number of aromatic hydroxyl groups is 1. The Bertz CT molecular complexity index is 660. The molecule has 6 heteroatoms. The molecule has 3 rings (SSSR count). The average Bonchev–Trinajstić information content (AvgIpc) is 2.95. The summed E-state index contributed by atoms with van der Waals surface area (Å²) >= 11 is 1.45. The van der Waals surface area contributed by atoms with Gasteiger partial charge in [-0.05, 0) is 24.5 Å². The average molecular weight is 258 g/mol. The van der Waals surface area contributed by atoms with E-state index in [9.17, 15) is 5.11 Å². The molecule has 3 heterocycles. The van der Waals surface area contributed by atoms with E-state index >= 15 is 0 Å². The first-order chi connectivity index (χ1) is 8.78. The number of fused-ring (bicyclic) bond motifs is 1. The third-order valence-electron chi connectivity index (χ3n) is 2.61. The molecule has 0 unspecified atom stereocenters. The first kappa shape index (κ1) is 11.0. The van der Waals surface area contributed by atoms with Crippen LogP contribution in [0.25, 0.3) is 11.6 Å². The Labute approximate surface area is 108 Å². The minimum Gasteiger partial charge on any atom is -0.492 e. The molecule has 0 aromatic carbocycles. The largest absolute Gasteiger partial charge is 0.492 e. The number of hydrogen-bond acceptors (Lipinski definition) is 5. The summed E-state index contributed by atoms with van der Waals surface area (Å²) in [7, 11) is 0. The standard InChI is InChI=1S/C12H10N4OS/c1-18-12-15-9(11(17)16-12)5-7-6-14-10-8(7)3-2-4-13-10/h2-6,17H,1H3,(H,15,16). The Morgan fingerprint density at radius 2 is 2.33 bits per heavy atom. The molecule has 0 bridgehead atoms. The molecule has 2 aromatic rings. The quantitative estimate of drug-likeness (QED) is 0.811. The molecule has 0 spiro atoms. The molecule has 18 heavy (non-hydrogen) atoms. The predicted octanol–water partition coefficient (Wildman–Crippen LogP) is 2.49. The van der Waals surface area contributed by atoms with Crippen LogP contribution >= 0.6 is 11.8 Å². The summed E-state index contributed by atoms with van der Waals surface area (Å²) in [5.41, 5.74) is 2.44. The predicted molar refractivity (Wildman–Crippen MR) is 72.3 cm³/mol. The van der Waals surface area contributed by atoms with Gasteiger partial charge < -0.3 is 10.1 Å². The lowest BCUT2D eigenvalue weighted by atomic mass is 10.1. The van der Waals surface area contributed by atoms with E-state index in [1.807, 2.05) is 24.5 Å². The van der Waals surface area contributed by atoms with E-state index < -0.39 is 0 Å². The number of allylic oxidation sites excluding steroid dienone is 1. The number of H-pyrrole nitrogens is 1. The molecule has 5 nitrogen and oxygen atoms in total. The third-order valence-corrected chi connectivity index (χ3v) is 3.19. The third kappa shape index (κ3) is 1.80. The van der Waals surface area contributed by atoms with Crippen molar-refractivity contribution < 1.29 is 5.11 Å². The van der Waals surface area contributed by atoms with Gasteiger partial charge in [0.05, 0.1) is 0 Å². The number of nitrogens with one attached hydrogen (secondary N) is 1. The van der Waals surface area contributed by atoms with Crippen molar-refractivity contribution in [1.29, 1.82) is 0 Å². The van der Waals surface area contributed by atoms with Crippen LogP contribution in [-0.2, 0) is 0 Å². The first-order valence-corrected chi connectivity index (χ1v) is 6.54. The summed E-state index contributed by atoms with van der Waals surface area (Å²) in [5, 5.41) is 10.4. The van der Waals surface area contributed by atoms with Crippen LogP contribution in [0.3, 0.4) is 0 Å². The van der Waals surface area contributed by atoms with Gasteiger partial charge in [0.15, 0.2) is 11.0 Å². The second kappa shape index (κ2) is 4.30. The van der Waals surface area contributed by atoms with Gasteiger partial charge >= 0.3 is 0 Å². The Balaban J connectivity index is 2.03. The van der Waals surface area contributed by atoms with Crippen LogP contribution in [0.2, 0.25) is 0 Å². The first-order valence-electron chi connectivity index (χ1n) is 5.32. The second-order valence-electron chi connectivity index (χ2n) is 3.72. The Morgan fingerprint density at radius 3 is 3.11 bits per heavy atom. The number of pyridine rings is 1. The molecule has 0 atom stereocenters. The number of rotatable bonds is 2. The van der Waals surface area contributed by atoms with E-state index in [1.165, 1.54) is 11.8 Å². The number of imidazole rings is 1. The summed E-state index contributed by atoms with van der Waals surface area (Å²) in [4.78, 5) is 15.4. The summed E-state index contributed by atoms with van der Waals surface area (Å²) in [6.45, 7) is 0. The molecule has 0 amide bonds. The fourth-order valence-electron chi connectivity index (χ4n) is 1.75. The van der Waals surface area contributed by atoms with Crippen LogP contribution in [0.4, 0.5) is 5.82 Å². The van der Waals surface area contributed by atoms with Crippen molar-refractivity contribution in [2.45, 2.75) is 5.16 Å². The highest BCUT2D eigenvalue weighted by Gasteiger charge is 2.14. The van der Waals surface area contributed by atoms with Crippen molar-refractivity contribution in [3.63, 3.8) is 0 Å². The molecule has 1 aliphatic rings. The number of aromatic nitrogens is 3. The van der Waals surface area contributed by atoms with E-state index in [2.05, 4.69) is 19.9 Å². The number of aromatic amines is 1. The lowest BCUT2D eigenvalue weighted by Crippen LogP contribution is -1.82. The van der Waals surface area contributed by atoms with Crippen LogP contribution < -0.4 is 0 Å². The van der Waals surface area contributed by atoms with Gasteiger partial charge in [-0.25, -0.2) is 9.98 Å². The van der Waals surface area contributed by atoms with Crippen molar-refractivity contribution in [1.82, 2.24) is 15.0 Å². The molecular formula is C12H10N4OS. The van der Waals surface area contributed by atoms with Gasteiger partial charge in [-0.2, -0.15) is 4.98 Å². The van der Waals surface area contributed by atoms with Crippen LogP contribution in [-0.4, -0.2) is 32.5 Å². The van der Waals surface area contributed by atoms with Gasteiger partial charge in [0, 0.05) is 23.5 Å². The topological polar surface area (TPSA) is 74.2 Å². The molecule has 90 valence electrons. The van der Waals surface area contributed by atoms with Gasteiger partial charge in [-0.1, -0.05) is 11.8 Å². The van der Waals surface area contributed by atoms with Crippen molar-refractivity contribution in [2.24, 2.45) is 4.99 Å². The highest BCUT2D eigenvalue weighted by atomic mass is 32.2. The highest BCUT2D eigenvalue weighted by molar-refractivity contribution is 7.98. The number of nitrogens with zero attached hydrogens (tertiary/aromatic N) is 3. The summed E-state index contributed by atoms with van der Waals surface area (Å²) < 4.78 is 0. The molecule has 0 fully saturated rings. The lowest BCUT2D eigenvalue weighted by molar-refractivity contribution is 0.453.